The van der Waals surface area contributed by atoms with Crippen molar-refractivity contribution in [2.45, 2.75) is 52.4 Å². The third kappa shape index (κ3) is 2.77. The fourth-order valence-corrected chi connectivity index (χ4v) is 2.08. The van der Waals surface area contributed by atoms with E-state index < -0.39 is 0 Å². The van der Waals surface area contributed by atoms with Gasteiger partial charge in [0.05, 0.1) is 0 Å². The minimum Gasteiger partial charge on any atom is -0.115 e. The topological polar surface area (TPSA) is 0 Å². The molecule has 0 spiro atoms. The van der Waals surface area contributed by atoms with E-state index in [0.717, 1.165) is 22.3 Å². The highest BCUT2D eigenvalue weighted by Crippen LogP contribution is 2.33. The Morgan fingerprint density at radius 1 is 0.722 bits per heavy atom. The summed E-state index contributed by atoms with van der Waals surface area (Å²) in [5.74, 6) is 5.59. The van der Waals surface area contributed by atoms with Gasteiger partial charge in [-0.05, 0) is 34.1 Å². The highest BCUT2D eigenvalue weighted by atomic mass is 14.3. The number of terminal acetylenes is 2. The third-order valence-corrected chi connectivity index (χ3v) is 3.08. The van der Waals surface area contributed by atoms with Crippen LogP contribution in [0.4, 0.5) is 0 Å². The summed E-state index contributed by atoms with van der Waals surface area (Å²) in [6, 6.07) is 4.16. The molecule has 0 fully saturated rings. The molecule has 0 saturated heterocycles. The quantitative estimate of drug-likeness (QED) is 0.593. The lowest BCUT2D eigenvalue weighted by Crippen LogP contribution is -2.18. The Balaban J connectivity index is 3.66. The van der Waals surface area contributed by atoms with Crippen molar-refractivity contribution in [1.29, 1.82) is 0 Å². The average molecular weight is 238 g/mol. The van der Waals surface area contributed by atoms with Crippen molar-refractivity contribution in [3.63, 3.8) is 0 Å². The molecule has 1 aromatic rings. The molecule has 0 heterocycles. The van der Waals surface area contributed by atoms with Crippen LogP contribution in [0.1, 0.15) is 63.8 Å². The highest BCUT2D eigenvalue weighted by Gasteiger charge is 2.23. The molecule has 0 aliphatic heterocycles. The molecule has 0 bridgehead atoms. The Morgan fingerprint density at radius 3 is 1.17 bits per heavy atom. The number of hydrogen-bond donors (Lipinski definition) is 0. The monoisotopic (exact) mass is 238 g/mol. The van der Waals surface area contributed by atoms with Crippen LogP contribution >= 0.6 is 0 Å². The second-order valence-electron chi connectivity index (χ2n) is 6.73. The minimum atomic E-state index is 0.00369. The fourth-order valence-electron chi connectivity index (χ4n) is 2.08. The van der Waals surface area contributed by atoms with Gasteiger partial charge < -0.3 is 0 Å². The summed E-state index contributed by atoms with van der Waals surface area (Å²) in [5.41, 5.74) is 4.20. The number of benzene rings is 1. The first-order chi connectivity index (χ1) is 8.11. The van der Waals surface area contributed by atoms with Crippen LogP contribution in [-0.4, -0.2) is 0 Å². The van der Waals surface area contributed by atoms with Crippen molar-refractivity contribution in [1.82, 2.24) is 0 Å². The van der Waals surface area contributed by atoms with Crippen molar-refractivity contribution in [3.8, 4) is 24.7 Å². The van der Waals surface area contributed by atoms with E-state index in [2.05, 4.69) is 65.5 Å². The molecule has 18 heavy (non-hydrogen) atoms. The minimum absolute atomic E-state index is 0.00369. The molecular formula is C18H22. The lowest BCUT2D eigenvalue weighted by atomic mass is 9.77. The second kappa shape index (κ2) is 4.55. The zero-order valence-electron chi connectivity index (χ0n) is 12.3. The normalized spacial score (nSPS) is 11.8. The smallest absolute Gasteiger partial charge is 0.0283 e. The maximum Gasteiger partial charge on any atom is 0.0283 e. The van der Waals surface area contributed by atoms with E-state index in [0.29, 0.717) is 0 Å². The molecule has 0 unspecified atom stereocenters. The number of hydrogen-bond acceptors (Lipinski definition) is 0. The molecule has 0 aliphatic carbocycles. The van der Waals surface area contributed by atoms with Gasteiger partial charge in [0.1, 0.15) is 0 Å². The van der Waals surface area contributed by atoms with Crippen LogP contribution in [0.3, 0.4) is 0 Å². The lowest BCUT2D eigenvalue weighted by molar-refractivity contribution is 0.574. The van der Waals surface area contributed by atoms with Crippen molar-refractivity contribution < 1.29 is 0 Å². The summed E-state index contributed by atoms with van der Waals surface area (Å²) in [7, 11) is 0. The van der Waals surface area contributed by atoms with Crippen molar-refractivity contribution in [2.24, 2.45) is 0 Å². The van der Waals surface area contributed by atoms with Gasteiger partial charge in [-0.2, -0.15) is 0 Å². The van der Waals surface area contributed by atoms with Gasteiger partial charge in [-0.25, -0.2) is 0 Å². The van der Waals surface area contributed by atoms with Crippen LogP contribution in [0, 0.1) is 24.7 Å². The van der Waals surface area contributed by atoms with E-state index in [1.807, 2.05) is 0 Å². The van der Waals surface area contributed by atoms with Gasteiger partial charge in [0.2, 0.25) is 0 Å². The van der Waals surface area contributed by atoms with E-state index in [1.54, 1.807) is 0 Å². The molecule has 0 radical (unpaired) electrons. The third-order valence-electron chi connectivity index (χ3n) is 3.08. The van der Waals surface area contributed by atoms with Gasteiger partial charge in [-0.1, -0.05) is 53.4 Å². The van der Waals surface area contributed by atoms with Crippen LogP contribution in [0.5, 0.6) is 0 Å². The molecule has 1 rings (SSSR count). The maximum atomic E-state index is 5.65. The maximum absolute atomic E-state index is 5.65. The predicted octanol–water partition coefficient (Wildman–Crippen LogP) is 4.24. The Labute approximate surface area is 112 Å². The van der Waals surface area contributed by atoms with Gasteiger partial charge in [0.25, 0.3) is 0 Å². The van der Waals surface area contributed by atoms with Gasteiger partial charge in [0.15, 0.2) is 0 Å². The van der Waals surface area contributed by atoms with Crippen LogP contribution in [0.2, 0.25) is 0 Å². The van der Waals surface area contributed by atoms with Gasteiger partial charge >= 0.3 is 0 Å². The first kappa shape index (κ1) is 14.4. The summed E-state index contributed by atoms with van der Waals surface area (Å²) in [6.07, 6.45) is 11.3. The van der Waals surface area contributed by atoms with Crippen LogP contribution in [-0.2, 0) is 10.8 Å². The summed E-state index contributed by atoms with van der Waals surface area (Å²) < 4.78 is 0. The second-order valence-corrected chi connectivity index (χ2v) is 6.73. The molecule has 0 aliphatic rings. The van der Waals surface area contributed by atoms with E-state index in [4.69, 9.17) is 12.8 Å². The van der Waals surface area contributed by atoms with Gasteiger partial charge in [-0.15, -0.1) is 12.8 Å². The van der Waals surface area contributed by atoms with E-state index in [1.165, 1.54) is 0 Å². The molecule has 0 amide bonds. The Bertz CT molecular complexity index is 480. The molecule has 94 valence electrons. The fraction of sp³-hybridized carbons (Fsp3) is 0.444. The average Bonchev–Trinajstić information content (AvgIpc) is 2.24. The Hall–Kier alpha value is -1.66. The predicted molar refractivity (Wildman–Crippen MR) is 79.7 cm³/mol. The zero-order valence-corrected chi connectivity index (χ0v) is 12.3. The molecule has 0 saturated carbocycles. The largest absolute Gasteiger partial charge is 0.115 e. The number of rotatable bonds is 0. The molecular weight excluding hydrogens is 216 g/mol. The van der Waals surface area contributed by atoms with Gasteiger partial charge in [0, 0.05) is 11.1 Å². The molecule has 0 nitrogen and oxygen atoms in total. The van der Waals surface area contributed by atoms with Gasteiger partial charge in [-0.3, -0.25) is 0 Å². The SMILES string of the molecule is C#Cc1cc(C(C)(C)C)c(C#C)cc1C(C)(C)C. The molecule has 0 atom stereocenters. The molecule has 0 heteroatoms. The molecule has 1 aromatic carbocycles. The standard InChI is InChI=1S/C18H22/c1-9-13-11-16(18(6,7)8)14(10-2)12-15(13)17(3,4)5/h1-2,11-12H,3-8H3. The van der Waals surface area contributed by atoms with Crippen LogP contribution in [0.15, 0.2) is 12.1 Å². The summed E-state index contributed by atoms with van der Waals surface area (Å²) >= 11 is 0. The molecule has 0 N–H and O–H groups in total. The first-order valence-electron chi connectivity index (χ1n) is 6.23. The highest BCUT2D eigenvalue weighted by molar-refractivity contribution is 5.55. The van der Waals surface area contributed by atoms with E-state index in [-0.39, 0.29) is 10.8 Å². The lowest BCUT2D eigenvalue weighted by Gasteiger charge is -2.27. The summed E-state index contributed by atoms with van der Waals surface area (Å²) in [5, 5.41) is 0. The van der Waals surface area contributed by atoms with Crippen LogP contribution < -0.4 is 0 Å². The Kier molecular flexibility index (Phi) is 3.64. The Morgan fingerprint density at radius 2 is 1.00 bits per heavy atom. The van der Waals surface area contributed by atoms with E-state index >= 15 is 0 Å². The van der Waals surface area contributed by atoms with Crippen molar-refractivity contribution >= 4 is 0 Å². The first-order valence-corrected chi connectivity index (χ1v) is 6.23. The van der Waals surface area contributed by atoms with Crippen LogP contribution in [0.25, 0.3) is 0 Å². The van der Waals surface area contributed by atoms with E-state index in [9.17, 15) is 0 Å². The summed E-state index contributed by atoms with van der Waals surface area (Å²) in [6.45, 7) is 12.9. The summed E-state index contributed by atoms with van der Waals surface area (Å²) in [4.78, 5) is 0. The van der Waals surface area contributed by atoms with Crippen molar-refractivity contribution in [2.75, 3.05) is 0 Å². The molecule has 0 aromatic heterocycles. The van der Waals surface area contributed by atoms with Crippen molar-refractivity contribution in [3.05, 3.63) is 34.4 Å². The zero-order chi connectivity index (χ0) is 14.1.